The van der Waals surface area contributed by atoms with Gasteiger partial charge < -0.3 is 20.5 Å². The molecule has 2 aromatic rings. The summed E-state index contributed by atoms with van der Waals surface area (Å²) in [6.07, 6.45) is -0.364. The van der Waals surface area contributed by atoms with Crippen LogP contribution in [-0.2, 0) is 14.4 Å². The Morgan fingerprint density at radius 1 is 1.03 bits per heavy atom. The van der Waals surface area contributed by atoms with Crippen LogP contribution in [0.5, 0.6) is 5.75 Å². The number of ether oxygens (including phenoxy) is 1. The number of hydrogen-bond donors (Lipinski definition) is 3. The Balaban J connectivity index is 1.95. The molecule has 3 amide bonds. The van der Waals surface area contributed by atoms with Crippen molar-refractivity contribution in [1.82, 2.24) is 15.6 Å². The molecule has 0 saturated heterocycles. The van der Waals surface area contributed by atoms with Gasteiger partial charge in [-0.3, -0.25) is 14.4 Å². The molecule has 0 aliphatic rings. The molecule has 1 unspecified atom stereocenters. The van der Waals surface area contributed by atoms with Gasteiger partial charge in [-0.15, -0.1) is 0 Å². The van der Waals surface area contributed by atoms with Gasteiger partial charge >= 0.3 is 0 Å². The molecule has 0 heterocycles. The number of aryl methyl sites for hydroxylation is 1. The van der Waals surface area contributed by atoms with E-state index >= 15 is 0 Å². The van der Waals surface area contributed by atoms with Gasteiger partial charge in [0.05, 0.1) is 12.2 Å². The van der Waals surface area contributed by atoms with Crippen molar-refractivity contribution in [3.63, 3.8) is 0 Å². The Kier molecular flexibility index (Phi) is 11.7. The van der Waals surface area contributed by atoms with Crippen molar-refractivity contribution in [2.24, 2.45) is 0 Å². The predicted molar refractivity (Wildman–Crippen MR) is 135 cm³/mol. The summed E-state index contributed by atoms with van der Waals surface area (Å²) in [5.41, 5.74) is 1.56. The minimum Gasteiger partial charge on any atom is -0.491 e. The lowest BCUT2D eigenvalue weighted by Crippen LogP contribution is -2.52. The number of carbonyl (C=O) groups is 3. The lowest BCUT2D eigenvalue weighted by Gasteiger charge is -2.34. The highest BCUT2D eigenvalue weighted by Gasteiger charge is 2.25. The molecule has 9 heteroatoms. The fourth-order valence-electron chi connectivity index (χ4n) is 3.38. The Hall–Kier alpha value is -3.43. The van der Waals surface area contributed by atoms with Gasteiger partial charge in [0, 0.05) is 39.4 Å². The third kappa shape index (κ3) is 9.38. The molecule has 0 saturated carbocycles. The third-order valence-electron chi connectivity index (χ3n) is 5.22. The van der Waals surface area contributed by atoms with Crippen LogP contribution in [0.25, 0.3) is 0 Å². The van der Waals surface area contributed by atoms with Crippen LogP contribution in [0.1, 0.15) is 32.3 Å². The first-order valence-corrected chi connectivity index (χ1v) is 11.8. The van der Waals surface area contributed by atoms with Crippen molar-refractivity contribution >= 4 is 23.4 Å². The average molecular weight is 485 g/mol. The molecule has 2 rings (SSSR count). The summed E-state index contributed by atoms with van der Waals surface area (Å²) in [4.78, 5) is 37.0. The van der Waals surface area contributed by atoms with Gasteiger partial charge in [0.15, 0.2) is 0 Å². The maximum atomic E-state index is 13.0. The fourth-order valence-corrected chi connectivity index (χ4v) is 3.38. The van der Waals surface area contributed by atoms with Gasteiger partial charge in [-0.05, 0) is 30.7 Å². The van der Waals surface area contributed by atoms with E-state index in [2.05, 4.69) is 10.6 Å². The van der Waals surface area contributed by atoms with Gasteiger partial charge in [0.2, 0.25) is 17.7 Å². The number of nitrogens with zero attached hydrogens (tertiary/aromatic N) is 2. The second-order valence-corrected chi connectivity index (χ2v) is 8.07. The summed E-state index contributed by atoms with van der Waals surface area (Å²) >= 11 is 0. The lowest BCUT2D eigenvalue weighted by molar-refractivity contribution is -0.136. The first kappa shape index (κ1) is 27.8. The van der Waals surface area contributed by atoms with E-state index in [-0.39, 0.29) is 50.4 Å². The van der Waals surface area contributed by atoms with Crippen molar-refractivity contribution in [2.45, 2.75) is 39.7 Å². The summed E-state index contributed by atoms with van der Waals surface area (Å²) in [7, 11) is 0. The third-order valence-corrected chi connectivity index (χ3v) is 5.22. The summed E-state index contributed by atoms with van der Waals surface area (Å²) in [5, 5.41) is 18.8. The number of benzene rings is 2. The number of anilines is 1. The van der Waals surface area contributed by atoms with E-state index in [1.54, 1.807) is 31.2 Å². The van der Waals surface area contributed by atoms with Crippen molar-refractivity contribution in [3.05, 3.63) is 60.2 Å². The van der Waals surface area contributed by atoms with Gasteiger partial charge in [0.25, 0.3) is 0 Å². The molecule has 3 N–H and O–H groups in total. The van der Waals surface area contributed by atoms with Gasteiger partial charge in [-0.2, -0.15) is 0 Å². The minimum atomic E-state index is -0.749. The number of rotatable bonds is 13. The number of aliphatic hydroxyl groups is 1. The highest BCUT2D eigenvalue weighted by molar-refractivity contribution is 5.95. The summed E-state index contributed by atoms with van der Waals surface area (Å²) < 4.78 is 5.67. The maximum absolute atomic E-state index is 13.0. The first-order valence-electron chi connectivity index (χ1n) is 11.8. The van der Waals surface area contributed by atoms with Crippen molar-refractivity contribution < 1.29 is 24.2 Å². The van der Waals surface area contributed by atoms with Crippen LogP contribution in [0.4, 0.5) is 5.69 Å². The van der Waals surface area contributed by atoms with E-state index in [0.717, 1.165) is 11.3 Å². The van der Waals surface area contributed by atoms with Crippen molar-refractivity contribution in [1.29, 1.82) is 0 Å². The van der Waals surface area contributed by atoms with Crippen LogP contribution in [-0.4, -0.2) is 66.7 Å². The van der Waals surface area contributed by atoms with Gasteiger partial charge in [-0.1, -0.05) is 43.3 Å². The number of hydrogen-bond acceptors (Lipinski definition) is 6. The van der Waals surface area contributed by atoms with Crippen molar-refractivity contribution in [2.75, 3.05) is 37.8 Å². The molecule has 2 aromatic carbocycles. The topological polar surface area (TPSA) is 111 Å². The molecular formula is C26H36N4O5. The van der Waals surface area contributed by atoms with E-state index in [0.29, 0.717) is 18.7 Å². The van der Waals surface area contributed by atoms with Crippen LogP contribution >= 0.6 is 0 Å². The zero-order chi connectivity index (χ0) is 25.6. The zero-order valence-electron chi connectivity index (χ0n) is 20.7. The number of aliphatic hydroxyl groups excluding tert-OH is 1. The number of carbonyl (C=O) groups excluding carboxylic acids is 3. The van der Waals surface area contributed by atoms with Gasteiger partial charge in [-0.25, -0.2) is 10.0 Å². The molecular weight excluding hydrogens is 448 g/mol. The molecule has 9 nitrogen and oxygen atoms in total. The maximum Gasteiger partial charge on any atom is 0.243 e. The van der Waals surface area contributed by atoms with Crippen LogP contribution < -0.4 is 20.4 Å². The molecule has 0 aliphatic heterocycles. The minimum absolute atomic E-state index is 0.0508. The molecule has 0 fully saturated rings. The number of amides is 3. The van der Waals surface area contributed by atoms with Crippen molar-refractivity contribution in [3.8, 4) is 5.75 Å². The predicted octanol–water partition coefficient (Wildman–Crippen LogP) is 2.04. The molecule has 0 spiro atoms. The Morgan fingerprint density at radius 3 is 2.37 bits per heavy atom. The van der Waals surface area contributed by atoms with Gasteiger partial charge in [0.1, 0.15) is 18.5 Å². The van der Waals surface area contributed by atoms with Crippen LogP contribution in [0, 0.1) is 6.92 Å². The zero-order valence-corrected chi connectivity index (χ0v) is 20.7. The standard InChI is InChI=1S/C26H36N4O5/c1-4-25(33)28-15-14-26(34)29(30(21(3)31)22-11-6-5-7-12-22)17-16-27-18-23(32)19-35-24-13-9-8-10-20(24)2/h5-13,23,27,32H,4,14-19H2,1-3H3,(H,28,33). The van der Waals surface area contributed by atoms with Crippen LogP contribution in [0.3, 0.4) is 0 Å². The second kappa shape index (κ2) is 14.7. The summed E-state index contributed by atoms with van der Waals surface area (Å²) in [6.45, 7) is 6.17. The van der Waals surface area contributed by atoms with E-state index in [1.807, 2.05) is 37.3 Å². The molecule has 0 radical (unpaired) electrons. The van der Waals surface area contributed by atoms with Crippen LogP contribution in [0.2, 0.25) is 0 Å². The fraction of sp³-hybridized carbons (Fsp3) is 0.423. The van der Waals surface area contributed by atoms with E-state index < -0.39 is 6.10 Å². The van der Waals surface area contributed by atoms with E-state index in [9.17, 15) is 19.5 Å². The smallest absolute Gasteiger partial charge is 0.243 e. The first-order chi connectivity index (χ1) is 16.8. The average Bonchev–Trinajstić information content (AvgIpc) is 2.85. The van der Waals surface area contributed by atoms with E-state index in [1.165, 1.54) is 16.9 Å². The van der Waals surface area contributed by atoms with Crippen LogP contribution in [0.15, 0.2) is 54.6 Å². The second-order valence-electron chi connectivity index (χ2n) is 8.07. The highest BCUT2D eigenvalue weighted by Crippen LogP contribution is 2.18. The Morgan fingerprint density at radius 2 is 1.71 bits per heavy atom. The van der Waals surface area contributed by atoms with E-state index in [4.69, 9.17) is 4.74 Å². The normalized spacial score (nSPS) is 11.4. The lowest BCUT2D eigenvalue weighted by atomic mass is 10.2. The largest absolute Gasteiger partial charge is 0.491 e. The molecule has 35 heavy (non-hydrogen) atoms. The Labute approximate surface area is 207 Å². The number of nitrogens with one attached hydrogen (secondary N) is 2. The quantitative estimate of drug-likeness (QED) is 0.296. The summed E-state index contributed by atoms with van der Waals surface area (Å²) in [6, 6.07) is 16.5. The highest BCUT2D eigenvalue weighted by atomic mass is 16.5. The molecule has 0 aromatic heterocycles. The molecule has 190 valence electrons. The summed E-state index contributed by atoms with van der Waals surface area (Å²) in [5.74, 6) is -0.0302. The Bertz CT molecular complexity index is 954. The number of para-hydroxylation sites is 2. The molecule has 0 aliphatic carbocycles. The molecule has 1 atom stereocenters. The molecule has 0 bridgehead atoms. The number of hydrazine groups is 1. The SMILES string of the molecule is CCC(=O)NCCC(=O)N(CCNCC(O)COc1ccccc1C)N(C(C)=O)c1ccccc1. The monoisotopic (exact) mass is 484 g/mol.